The Morgan fingerprint density at radius 2 is 1.87 bits per heavy atom. The number of hydrogen-bond donors (Lipinski definition) is 0. The third-order valence-corrected chi connectivity index (χ3v) is 6.74. The summed E-state index contributed by atoms with van der Waals surface area (Å²) in [5.41, 5.74) is 2.83. The van der Waals surface area contributed by atoms with Crippen molar-refractivity contribution in [2.24, 2.45) is 24.8 Å². The van der Waals surface area contributed by atoms with Crippen LogP contribution in [0.4, 0.5) is 4.39 Å². The van der Waals surface area contributed by atoms with E-state index in [9.17, 15) is 9.18 Å². The molecular formula is C26H32FN2O2+. The average Bonchev–Trinajstić information content (AvgIpc) is 3.00. The van der Waals surface area contributed by atoms with Crippen molar-refractivity contribution in [3.05, 3.63) is 54.3 Å². The smallest absolute Gasteiger partial charge is 0.348 e. The van der Waals surface area contributed by atoms with E-state index in [1.54, 1.807) is 12.1 Å². The molecule has 31 heavy (non-hydrogen) atoms. The Bertz CT molecular complexity index is 1070. The van der Waals surface area contributed by atoms with Gasteiger partial charge in [0.05, 0.1) is 12.6 Å². The van der Waals surface area contributed by atoms with E-state index in [4.69, 9.17) is 4.74 Å². The van der Waals surface area contributed by atoms with Crippen LogP contribution in [0.5, 0.6) is 0 Å². The van der Waals surface area contributed by atoms with Crippen molar-refractivity contribution in [3.8, 4) is 11.4 Å². The van der Waals surface area contributed by atoms with E-state index in [0.717, 1.165) is 35.3 Å². The second-order valence-electron chi connectivity index (χ2n) is 9.32. The quantitative estimate of drug-likeness (QED) is 0.414. The molecule has 1 aliphatic rings. The molecule has 3 atom stereocenters. The van der Waals surface area contributed by atoms with Gasteiger partial charge in [0.2, 0.25) is 0 Å². The third-order valence-electron chi connectivity index (χ3n) is 6.74. The number of rotatable bonds is 5. The molecule has 1 fully saturated rings. The number of nitrogens with zero attached hydrogens (tertiary/aromatic N) is 2. The highest BCUT2D eigenvalue weighted by Crippen LogP contribution is 2.35. The maximum Gasteiger partial charge on any atom is 0.348 e. The normalized spacial score (nSPS) is 21.5. The minimum Gasteiger partial charge on any atom is -0.459 e. The highest BCUT2D eigenvalue weighted by atomic mass is 19.1. The molecule has 0 spiro atoms. The topological polar surface area (TPSA) is 35.1 Å². The summed E-state index contributed by atoms with van der Waals surface area (Å²) in [6, 6.07) is 14.4. The molecule has 0 amide bonds. The van der Waals surface area contributed by atoms with Crippen LogP contribution in [0.15, 0.2) is 48.5 Å². The molecule has 0 unspecified atom stereocenters. The monoisotopic (exact) mass is 423 g/mol. The van der Waals surface area contributed by atoms with E-state index in [0.29, 0.717) is 17.8 Å². The SMILES string of the molecule is CC(C)[C@H]1CC[C@@H](C)C[C@H]1OC(=O)Cn1c(-c2ccc(F)cc2)[n+](C)c2ccccc21. The molecule has 0 bridgehead atoms. The second kappa shape index (κ2) is 8.81. The van der Waals surface area contributed by atoms with Gasteiger partial charge < -0.3 is 4.74 Å². The Labute approximate surface area is 183 Å². The van der Waals surface area contributed by atoms with Crippen molar-refractivity contribution in [3.63, 3.8) is 0 Å². The van der Waals surface area contributed by atoms with E-state index >= 15 is 0 Å². The molecule has 0 radical (unpaired) electrons. The summed E-state index contributed by atoms with van der Waals surface area (Å²) >= 11 is 0. The van der Waals surface area contributed by atoms with E-state index in [-0.39, 0.29) is 24.4 Å². The molecule has 0 saturated heterocycles. The fraction of sp³-hybridized carbons (Fsp3) is 0.462. The summed E-state index contributed by atoms with van der Waals surface area (Å²) in [6.45, 7) is 6.80. The minimum atomic E-state index is -0.278. The Morgan fingerprint density at radius 1 is 1.16 bits per heavy atom. The zero-order valence-electron chi connectivity index (χ0n) is 18.8. The van der Waals surface area contributed by atoms with Gasteiger partial charge >= 0.3 is 5.97 Å². The number of para-hydroxylation sites is 2. The summed E-state index contributed by atoms with van der Waals surface area (Å²) in [5.74, 6) is 1.84. The number of ether oxygens (including phenoxy) is 1. The average molecular weight is 424 g/mol. The molecule has 1 aromatic heterocycles. The van der Waals surface area contributed by atoms with E-state index in [1.807, 2.05) is 35.9 Å². The highest BCUT2D eigenvalue weighted by molar-refractivity contribution is 5.79. The molecular weight excluding hydrogens is 391 g/mol. The van der Waals surface area contributed by atoms with Gasteiger partial charge in [0.15, 0.2) is 17.6 Å². The highest BCUT2D eigenvalue weighted by Gasteiger charge is 2.34. The fourth-order valence-electron chi connectivity index (χ4n) is 5.08. The number of aryl methyl sites for hydroxylation is 1. The molecule has 1 heterocycles. The minimum absolute atomic E-state index is 0.0268. The lowest BCUT2D eigenvalue weighted by Gasteiger charge is -2.36. The van der Waals surface area contributed by atoms with Gasteiger partial charge in [0.1, 0.15) is 11.9 Å². The standard InChI is InChI=1S/C26H32FN2O2/c1-17(2)21-14-9-18(3)15-24(21)31-25(30)16-29-23-8-6-5-7-22(23)28(4)26(29)19-10-12-20(27)13-11-19/h5-8,10-13,17-18,21,24H,9,14-16H2,1-4H3/q+1/t18-,21-,24-/m1/s1. The first-order valence-corrected chi connectivity index (χ1v) is 11.3. The lowest BCUT2D eigenvalue weighted by Crippen LogP contribution is -2.37. The zero-order chi connectivity index (χ0) is 22.1. The van der Waals surface area contributed by atoms with Crippen LogP contribution in [0.25, 0.3) is 22.4 Å². The summed E-state index contributed by atoms with van der Waals surface area (Å²) < 4.78 is 23.6. The number of aromatic nitrogens is 2. The first-order valence-electron chi connectivity index (χ1n) is 11.3. The van der Waals surface area contributed by atoms with Gasteiger partial charge in [-0.15, -0.1) is 0 Å². The largest absolute Gasteiger partial charge is 0.459 e. The number of carbonyl (C=O) groups is 1. The van der Waals surface area contributed by atoms with Crippen molar-refractivity contribution in [1.82, 2.24) is 4.57 Å². The van der Waals surface area contributed by atoms with Crippen molar-refractivity contribution in [1.29, 1.82) is 0 Å². The summed E-state index contributed by atoms with van der Waals surface area (Å²) in [5, 5.41) is 0. The van der Waals surface area contributed by atoms with Gasteiger partial charge in [0.25, 0.3) is 5.82 Å². The summed E-state index contributed by atoms with van der Waals surface area (Å²) in [7, 11) is 1.97. The van der Waals surface area contributed by atoms with Crippen LogP contribution in [0, 0.1) is 23.6 Å². The second-order valence-corrected chi connectivity index (χ2v) is 9.32. The molecule has 0 aliphatic heterocycles. The van der Waals surface area contributed by atoms with Crippen LogP contribution in [-0.4, -0.2) is 16.6 Å². The van der Waals surface area contributed by atoms with E-state index in [2.05, 4.69) is 25.3 Å². The lowest BCUT2D eigenvalue weighted by molar-refractivity contribution is -0.634. The molecule has 3 aromatic rings. The molecule has 2 aromatic carbocycles. The van der Waals surface area contributed by atoms with Crippen molar-refractivity contribution in [2.45, 2.75) is 52.7 Å². The van der Waals surface area contributed by atoms with Gasteiger partial charge in [-0.25, -0.2) is 18.3 Å². The maximum absolute atomic E-state index is 13.5. The van der Waals surface area contributed by atoms with Crippen LogP contribution >= 0.6 is 0 Å². The predicted molar refractivity (Wildman–Crippen MR) is 120 cm³/mol. The predicted octanol–water partition coefficient (Wildman–Crippen LogP) is 5.28. The number of fused-ring (bicyclic) bond motifs is 1. The number of benzene rings is 2. The van der Waals surface area contributed by atoms with Crippen LogP contribution in [0.1, 0.15) is 40.0 Å². The van der Waals surface area contributed by atoms with E-state index < -0.39 is 0 Å². The number of esters is 1. The molecule has 4 rings (SSSR count). The van der Waals surface area contributed by atoms with Crippen LogP contribution in [0.2, 0.25) is 0 Å². The maximum atomic E-state index is 13.5. The Morgan fingerprint density at radius 3 is 2.58 bits per heavy atom. The lowest BCUT2D eigenvalue weighted by atomic mass is 9.75. The first kappa shape index (κ1) is 21.5. The van der Waals surface area contributed by atoms with Gasteiger partial charge in [-0.2, -0.15) is 0 Å². The molecule has 5 heteroatoms. The fourth-order valence-corrected chi connectivity index (χ4v) is 5.08. The number of hydrogen-bond acceptors (Lipinski definition) is 2. The molecule has 4 nitrogen and oxygen atoms in total. The van der Waals surface area contributed by atoms with Gasteiger partial charge in [-0.05, 0) is 67.0 Å². The Kier molecular flexibility index (Phi) is 6.12. The summed E-state index contributed by atoms with van der Waals surface area (Å²) in [4.78, 5) is 13.1. The van der Waals surface area contributed by atoms with Crippen molar-refractivity contribution in [2.75, 3.05) is 0 Å². The summed E-state index contributed by atoms with van der Waals surface area (Å²) in [6.07, 6.45) is 3.21. The van der Waals surface area contributed by atoms with Crippen LogP contribution < -0.4 is 4.57 Å². The Hall–Kier alpha value is -2.69. The van der Waals surface area contributed by atoms with Gasteiger partial charge in [-0.3, -0.25) is 0 Å². The Balaban J connectivity index is 1.67. The molecule has 1 aliphatic carbocycles. The van der Waals surface area contributed by atoms with Gasteiger partial charge in [0, 0.05) is 0 Å². The zero-order valence-corrected chi connectivity index (χ0v) is 18.8. The number of halogens is 1. The molecule has 0 N–H and O–H groups in total. The van der Waals surface area contributed by atoms with E-state index in [1.165, 1.54) is 18.6 Å². The van der Waals surface area contributed by atoms with Gasteiger partial charge in [-0.1, -0.05) is 39.3 Å². The third kappa shape index (κ3) is 4.36. The molecule has 1 saturated carbocycles. The van der Waals surface area contributed by atoms with Crippen LogP contribution in [0.3, 0.4) is 0 Å². The van der Waals surface area contributed by atoms with Crippen molar-refractivity contribution >= 4 is 17.0 Å². The molecule has 164 valence electrons. The van der Waals surface area contributed by atoms with Crippen molar-refractivity contribution < 1.29 is 18.5 Å². The van der Waals surface area contributed by atoms with Crippen LogP contribution in [-0.2, 0) is 23.1 Å². The number of imidazole rings is 1. The number of carbonyl (C=O) groups excluding carboxylic acids is 1. The first-order chi connectivity index (χ1) is 14.8.